The van der Waals surface area contributed by atoms with Gasteiger partial charge in [-0.2, -0.15) is 0 Å². The van der Waals surface area contributed by atoms with E-state index in [4.69, 9.17) is 23.7 Å². The molecule has 2 heterocycles. The van der Waals surface area contributed by atoms with Crippen molar-refractivity contribution in [1.82, 2.24) is 0 Å². The first kappa shape index (κ1) is 62.0. The van der Waals surface area contributed by atoms with E-state index in [1.807, 2.05) is 25.5 Å². The maximum atomic E-state index is 6.09. The third-order valence-electron chi connectivity index (χ3n) is 12.5. The molecule has 0 aliphatic carbocycles. The van der Waals surface area contributed by atoms with Gasteiger partial charge in [-0.05, 0) is 82.9 Å². The van der Waals surface area contributed by atoms with Crippen molar-refractivity contribution in [2.75, 3.05) is 132 Å². The number of hydrogen-bond acceptors (Lipinski definition) is 5. The van der Waals surface area contributed by atoms with E-state index in [0.717, 1.165) is 150 Å². The molecule has 2 aliphatic rings. The largest absolute Gasteiger partial charge is 0.381 e. The highest BCUT2D eigenvalue weighted by molar-refractivity contribution is 9.09. The maximum absolute atomic E-state index is 6.09. The molecule has 0 saturated carbocycles. The number of rotatable bonds is 29. The fourth-order valence-electron chi connectivity index (χ4n) is 9.02. The Morgan fingerprint density at radius 1 is 0.420 bits per heavy atom. The predicted octanol–water partition coefficient (Wildman–Crippen LogP) is 8.00. The van der Waals surface area contributed by atoms with Crippen LogP contribution in [0.2, 0.25) is 0 Å². The molecule has 0 spiro atoms. The van der Waals surface area contributed by atoms with Gasteiger partial charge in [0.1, 0.15) is 26.3 Å². The van der Waals surface area contributed by atoms with Crippen molar-refractivity contribution < 1.29 is 43.5 Å². The fourth-order valence-corrected chi connectivity index (χ4v) is 9.02. The highest BCUT2D eigenvalue weighted by Crippen LogP contribution is 2.21. The molecule has 11 heteroatoms. The Hall–Kier alpha value is -3.10. The van der Waals surface area contributed by atoms with E-state index in [2.05, 4.69) is 149 Å². The summed E-state index contributed by atoms with van der Waals surface area (Å²) in [6, 6.07) is 35.6. The van der Waals surface area contributed by atoms with Crippen LogP contribution in [0.1, 0.15) is 84.0 Å². The zero-order chi connectivity index (χ0) is 50.2. The second-order valence-electron chi connectivity index (χ2n) is 16.7. The van der Waals surface area contributed by atoms with E-state index >= 15 is 0 Å². The number of alkyl halides is 2. The topological polar surface area (TPSA) is 85.4 Å². The molecule has 0 amide bonds. The molecule has 6 rings (SSSR count). The minimum atomic E-state index is 0.760. The van der Waals surface area contributed by atoms with Crippen molar-refractivity contribution in [3.8, 4) is 0 Å². The van der Waals surface area contributed by atoms with Crippen LogP contribution in [0.5, 0.6) is 0 Å². The van der Waals surface area contributed by atoms with E-state index in [9.17, 15) is 0 Å². The molecule has 4 aromatic carbocycles. The van der Waals surface area contributed by atoms with Gasteiger partial charge in [0.25, 0.3) is 0 Å². The lowest BCUT2D eigenvalue weighted by Gasteiger charge is -2.19. The Bertz CT molecular complexity index is 1980. The predicted molar refractivity (Wildman–Crippen MR) is 297 cm³/mol. The molecule has 0 aromatic heterocycles. The van der Waals surface area contributed by atoms with Crippen molar-refractivity contribution >= 4 is 43.3 Å². The lowest BCUT2D eigenvalue weighted by atomic mass is 9.92. The number of halogens is 2. The second-order valence-corrected chi connectivity index (χ2v) is 16.7. The Labute approximate surface area is 436 Å². The number of hydrogen-bond donors (Lipinski definition) is 2. The zero-order valence-corrected chi connectivity index (χ0v) is 47.2. The van der Waals surface area contributed by atoms with Crippen molar-refractivity contribution in [3.63, 3.8) is 0 Å². The first-order valence-corrected chi connectivity index (χ1v) is 28.8. The van der Waals surface area contributed by atoms with Gasteiger partial charge in [0.2, 0.25) is 0 Å². The van der Waals surface area contributed by atoms with Crippen LogP contribution in [0.25, 0.3) is 0 Å². The quantitative estimate of drug-likeness (QED) is 0.0328. The van der Waals surface area contributed by atoms with Crippen LogP contribution < -0.4 is 10.6 Å². The van der Waals surface area contributed by atoms with Crippen molar-refractivity contribution in [1.29, 1.82) is 0 Å². The first-order chi connectivity index (χ1) is 34.2. The second kappa shape index (κ2) is 41.5. The Morgan fingerprint density at radius 3 is 1.26 bits per heavy atom. The Balaban J connectivity index is 0.000000429. The minimum absolute atomic E-state index is 0.760. The van der Waals surface area contributed by atoms with Gasteiger partial charge < -0.3 is 34.3 Å². The molecular weight excluding hydrogens is 992 g/mol. The Morgan fingerprint density at radius 2 is 0.812 bits per heavy atom. The lowest BCUT2D eigenvalue weighted by Crippen LogP contribution is -2.85. The van der Waals surface area contributed by atoms with Gasteiger partial charge >= 0.3 is 0 Å². The van der Waals surface area contributed by atoms with Gasteiger partial charge in [-0.15, -0.1) is 0 Å². The van der Waals surface area contributed by atoms with Crippen LogP contribution in [-0.2, 0) is 62.2 Å². The third kappa shape index (κ3) is 23.8. The Kier molecular flexibility index (Phi) is 37.3. The van der Waals surface area contributed by atoms with E-state index in [1.165, 1.54) is 62.4 Å². The van der Waals surface area contributed by atoms with Crippen LogP contribution in [0, 0.1) is 0 Å². The van der Waals surface area contributed by atoms with Crippen LogP contribution in [0.3, 0.4) is 0 Å². The van der Waals surface area contributed by atoms with Crippen LogP contribution in [-0.4, -0.2) is 153 Å². The molecule has 0 atom stereocenters. The molecule has 69 heavy (non-hydrogen) atoms. The van der Waals surface area contributed by atoms with Crippen molar-refractivity contribution in [2.24, 2.45) is 0 Å². The highest BCUT2D eigenvalue weighted by Gasteiger charge is 2.26. The average Bonchev–Trinajstić information content (AvgIpc) is 3.41. The number of nitrogens with zero attached hydrogens (tertiary/aromatic N) is 2. The molecule has 4 aromatic rings. The molecular formula is C58H92Br2N4O5+4. The van der Waals surface area contributed by atoms with Crippen LogP contribution in [0.15, 0.2) is 97.1 Å². The van der Waals surface area contributed by atoms with E-state index in [1.54, 1.807) is 28.4 Å². The summed E-state index contributed by atoms with van der Waals surface area (Å²) in [6.07, 6.45) is 11.0. The normalized spacial score (nSPS) is 12.6. The van der Waals surface area contributed by atoms with Gasteiger partial charge in [0.15, 0.2) is 24.5 Å². The van der Waals surface area contributed by atoms with E-state index < -0.39 is 0 Å². The summed E-state index contributed by atoms with van der Waals surface area (Å²) in [7, 11) is 7.09. The summed E-state index contributed by atoms with van der Waals surface area (Å²) in [4.78, 5) is 0. The molecule has 0 bridgehead atoms. The molecule has 4 N–H and O–H groups in total. The average molecular weight is 1090 g/mol. The van der Waals surface area contributed by atoms with E-state index in [0.29, 0.717) is 0 Å². The van der Waals surface area contributed by atoms with Gasteiger partial charge in [0.05, 0.1) is 52.4 Å². The molecule has 0 fully saturated rings. The summed E-state index contributed by atoms with van der Waals surface area (Å²) < 4.78 is 32.1. The number of quaternary nitrogens is 2. The summed E-state index contributed by atoms with van der Waals surface area (Å²) >= 11 is 5.88. The van der Waals surface area contributed by atoms with Crippen molar-refractivity contribution in [2.45, 2.75) is 78.1 Å². The van der Waals surface area contributed by atoms with E-state index in [-0.39, 0.29) is 0 Å². The number of benzene rings is 4. The minimum Gasteiger partial charge on any atom is -0.381 e. The number of ether oxygens (including phenoxy) is 5. The number of nitrogens with two attached hydrogens (primary N) is 2. The summed E-state index contributed by atoms with van der Waals surface area (Å²) in [5.41, 5.74) is 14.6. The number of fused-ring (bicyclic) bond motifs is 2. The zero-order valence-electron chi connectivity index (χ0n) is 44.1. The van der Waals surface area contributed by atoms with Crippen molar-refractivity contribution in [3.05, 3.63) is 142 Å². The molecule has 384 valence electrons. The number of aryl methyl sites for hydroxylation is 2. The third-order valence-corrected chi connectivity index (χ3v) is 12.5. The standard InChI is InChI=1S/C28H41N2O3.C26H37N2O2.C2H6.2CH3Br/c1-31-22-17-29-16-13-25-9-4-3-8-24(25)11-7-20-33-21-15-28-27-12-6-5-10-26(27)14-18-30(28)19-23-32-2;1-29-20-17-27-16-14-23-9-4-3-8-22(23)11-7-13-26-25-12-6-5-10-24(25)15-18-28(26)19-21-30-2;3*1-2/h3-6,8-10,12,29H,7,11,13-23H2,1-2H3;3-6,8-10,12,27H,7,11,13-21H2,1-2H3;1-2H3;2*1H3/q2*+1;;;/p+2. The van der Waals surface area contributed by atoms with Gasteiger partial charge in [-0.3, -0.25) is 0 Å². The molecule has 0 unspecified atom stereocenters. The molecule has 0 saturated heterocycles. The van der Waals surface area contributed by atoms with Crippen LogP contribution in [0.4, 0.5) is 0 Å². The lowest BCUT2D eigenvalue weighted by molar-refractivity contribution is -0.655. The molecule has 9 nitrogen and oxygen atoms in total. The summed E-state index contributed by atoms with van der Waals surface area (Å²) in [5.74, 6) is 3.62. The van der Waals surface area contributed by atoms with Gasteiger partial charge in [-0.25, -0.2) is 9.15 Å². The molecule has 0 radical (unpaired) electrons. The van der Waals surface area contributed by atoms with Crippen LogP contribution >= 0.6 is 31.9 Å². The fraction of sp³-hybridized carbons (Fsp3) is 0.552. The SMILES string of the molecule is CBr.CBr.CC.COCC[NH2+]CCc1ccccc1CCCC1=[N+](CCOC)CCc2ccccc21.COCC[NH2+]CCc1ccccc1CCCOCCC1=[N+](CCOC)CCc2ccccc21. The highest BCUT2D eigenvalue weighted by atomic mass is 79.9. The maximum Gasteiger partial charge on any atom is 0.185 e. The number of methoxy groups -OCH3 is 4. The summed E-state index contributed by atoms with van der Waals surface area (Å²) in [5, 5.41) is 4.68. The monoisotopic (exact) mass is 1080 g/mol. The van der Waals surface area contributed by atoms with Gasteiger partial charge in [-0.1, -0.05) is 131 Å². The smallest absolute Gasteiger partial charge is 0.185 e. The molecule has 2 aliphatic heterocycles. The first-order valence-electron chi connectivity index (χ1n) is 25.6. The summed E-state index contributed by atoms with van der Waals surface area (Å²) in [6.45, 7) is 17.1. The van der Waals surface area contributed by atoms with Gasteiger partial charge in [0, 0.05) is 78.3 Å².